The molecule has 5 nitrogen and oxygen atoms in total. The minimum absolute atomic E-state index is 0.0737. The topological polar surface area (TPSA) is 50.8 Å². The van der Waals surface area contributed by atoms with Gasteiger partial charge in [-0.3, -0.25) is 4.79 Å². The highest BCUT2D eigenvalue weighted by Gasteiger charge is 2.28. The highest BCUT2D eigenvalue weighted by molar-refractivity contribution is 9.10. The van der Waals surface area contributed by atoms with E-state index in [1.165, 1.54) is 12.8 Å². The summed E-state index contributed by atoms with van der Waals surface area (Å²) in [4.78, 5) is 14.7. The predicted molar refractivity (Wildman–Crippen MR) is 89.9 cm³/mol. The average molecular weight is 381 g/mol. The number of nitrogens with one attached hydrogen (secondary N) is 1. The van der Waals surface area contributed by atoms with Gasteiger partial charge in [-0.05, 0) is 66.2 Å². The van der Waals surface area contributed by atoms with Crippen LogP contribution in [-0.2, 0) is 0 Å². The molecular weight excluding hydrogens is 360 g/mol. The Bertz CT molecular complexity index is 610. The average Bonchev–Trinajstić information content (AvgIpc) is 3.28. The van der Waals surface area contributed by atoms with Crippen molar-refractivity contribution in [3.8, 4) is 11.5 Å². The zero-order valence-electron chi connectivity index (χ0n) is 13.0. The van der Waals surface area contributed by atoms with Gasteiger partial charge in [-0.15, -0.1) is 0 Å². The number of hydrogen-bond donors (Lipinski definition) is 1. The monoisotopic (exact) mass is 380 g/mol. The third kappa shape index (κ3) is 3.33. The van der Waals surface area contributed by atoms with Crippen molar-refractivity contribution in [3.63, 3.8) is 0 Å². The number of ether oxygens (including phenoxy) is 2. The first-order chi connectivity index (χ1) is 11.2. The quantitative estimate of drug-likeness (QED) is 0.872. The molecule has 0 atom stereocenters. The zero-order valence-corrected chi connectivity index (χ0v) is 14.6. The van der Waals surface area contributed by atoms with Crippen LogP contribution in [0.4, 0.5) is 0 Å². The normalized spacial score (nSPS) is 20.8. The van der Waals surface area contributed by atoms with Gasteiger partial charge in [-0.1, -0.05) is 0 Å². The largest absolute Gasteiger partial charge is 0.454 e. The standard InChI is InChI=1S/C17H21BrN2O3/c18-14-7-12(8-15-16(14)23-10-22-15)17(21)20-5-3-13(4-6-20)19-9-11-1-2-11/h7-8,11,13,19H,1-6,9-10H2. The van der Waals surface area contributed by atoms with E-state index in [0.29, 0.717) is 23.1 Å². The van der Waals surface area contributed by atoms with Crippen LogP contribution in [-0.4, -0.2) is 43.3 Å². The second-order valence-corrected chi connectivity index (χ2v) is 7.46. The van der Waals surface area contributed by atoms with Crippen LogP contribution in [0.2, 0.25) is 0 Å². The van der Waals surface area contributed by atoms with E-state index in [9.17, 15) is 4.79 Å². The number of hydrogen-bond acceptors (Lipinski definition) is 4. The third-order valence-electron chi connectivity index (χ3n) is 4.85. The van der Waals surface area contributed by atoms with Gasteiger partial charge in [0.2, 0.25) is 6.79 Å². The van der Waals surface area contributed by atoms with Gasteiger partial charge in [0, 0.05) is 24.7 Å². The molecular formula is C17H21BrN2O3. The molecule has 3 aliphatic rings. The Morgan fingerprint density at radius 1 is 1.22 bits per heavy atom. The summed E-state index contributed by atoms with van der Waals surface area (Å²) in [5.74, 6) is 2.30. The predicted octanol–water partition coefficient (Wildman–Crippen LogP) is 2.78. The fraction of sp³-hybridized carbons (Fsp3) is 0.588. The number of piperidine rings is 1. The summed E-state index contributed by atoms with van der Waals surface area (Å²) in [7, 11) is 0. The van der Waals surface area contributed by atoms with Crippen molar-refractivity contribution in [3.05, 3.63) is 22.2 Å². The molecule has 0 unspecified atom stereocenters. The SMILES string of the molecule is O=C(c1cc(Br)c2c(c1)OCO2)N1CCC(NCC2CC2)CC1. The molecule has 0 radical (unpaired) electrons. The van der Waals surface area contributed by atoms with Crippen molar-refractivity contribution in [2.24, 2.45) is 5.92 Å². The van der Waals surface area contributed by atoms with Gasteiger partial charge >= 0.3 is 0 Å². The van der Waals surface area contributed by atoms with Crippen molar-refractivity contribution in [2.45, 2.75) is 31.7 Å². The molecule has 2 aliphatic heterocycles. The van der Waals surface area contributed by atoms with Crippen LogP contribution in [0.5, 0.6) is 11.5 Å². The molecule has 1 aliphatic carbocycles. The lowest BCUT2D eigenvalue weighted by atomic mass is 10.0. The molecule has 1 aromatic carbocycles. The van der Waals surface area contributed by atoms with E-state index in [0.717, 1.165) is 42.9 Å². The Morgan fingerprint density at radius 2 is 2.00 bits per heavy atom. The van der Waals surface area contributed by atoms with E-state index in [1.54, 1.807) is 6.07 Å². The molecule has 6 heteroatoms. The maximum Gasteiger partial charge on any atom is 0.254 e. The molecule has 23 heavy (non-hydrogen) atoms. The number of carbonyl (C=O) groups excluding carboxylic acids is 1. The van der Waals surface area contributed by atoms with Crippen LogP contribution in [0, 0.1) is 5.92 Å². The number of fused-ring (bicyclic) bond motifs is 1. The van der Waals surface area contributed by atoms with Crippen LogP contribution in [0.3, 0.4) is 0 Å². The molecule has 124 valence electrons. The second-order valence-electron chi connectivity index (χ2n) is 6.61. The molecule has 1 aromatic rings. The zero-order chi connectivity index (χ0) is 15.8. The Kier molecular flexibility index (Phi) is 4.20. The van der Waals surface area contributed by atoms with Crippen molar-refractivity contribution in [1.82, 2.24) is 10.2 Å². The molecule has 4 rings (SSSR count). The molecule has 2 fully saturated rings. The first-order valence-electron chi connectivity index (χ1n) is 8.32. The molecule has 0 aromatic heterocycles. The van der Waals surface area contributed by atoms with E-state index in [4.69, 9.17) is 9.47 Å². The first-order valence-corrected chi connectivity index (χ1v) is 9.12. The van der Waals surface area contributed by atoms with Crippen LogP contribution in [0.15, 0.2) is 16.6 Å². The van der Waals surface area contributed by atoms with Crippen molar-refractivity contribution >= 4 is 21.8 Å². The van der Waals surface area contributed by atoms with Crippen LogP contribution in [0.25, 0.3) is 0 Å². The minimum Gasteiger partial charge on any atom is -0.454 e. The first kappa shape index (κ1) is 15.3. The molecule has 2 heterocycles. The Labute approximate surface area is 144 Å². The molecule has 0 bridgehead atoms. The fourth-order valence-corrected chi connectivity index (χ4v) is 3.77. The van der Waals surface area contributed by atoms with Gasteiger partial charge in [0.15, 0.2) is 11.5 Å². The van der Waals surface area contributed by atoms with Crippen LogP contribution < -0.4 is 14.8 Å². The summed E-state index contributed by atoms with van der Waals surface area (Å²) < 4.78 is 11.5. The van der Waals surface area contributed by atoms with E-state index >= 15 is 0 Å². The number of likely N-dealkylation sites (tertiary alicyclic amines) is 1. The third-order valence-corrected chi connectivity index (χ3v) is 5.44. The lowest BCUT2D eigenvalue weighted by Crippen LogP contribution is -2.45. The molecule has 1 amide bonds. The Morgan fingerprint density at radius 3 is 2.74 bits per heavy atom. The van der Waals surface area contributed by atoms with Gasteiger partial charge in [-0.25, -0.2) is 0 Å². The van der Waals surface area contributed by atoms with Gasteiger partial charge in [0.25, 0.3) is 5.91 Å². The van der Waals surface area contributed by atoms with Crippen molar-refractivity contribution in [1.29, 1.82) is 0 Å². The molecule has 1 N–H and O–H groups in total. The number of rotatable bonds is 4. The summed E-state index contributed by atoms with van der Waals surface area (Å²) in [6.45, 7) is 2.98. The molecule has 1 saturated carbocycles. The van der Waals surface area contributed by atoms with Crippen molar-refractivity contribution in [2.75, 3.05) is 26.4 Å². The maximum absolute atomic E-state index is 12.7. The summed E-state index contributed by atoms with van der Waals surface area (Å²) in [6, 6.07) is 4.17. The number of amides is 1. The minimum atomic E-state index is 0.0737. The van der Waals surface area contributed by atoms with Crippen LogP contribution in [0.1, 0.15) is 36.0 Å². The van der Waals surface area contributed by atoms with Gasteiger partial charge < -0.3 is 19.7 Å². The number of nitrogens with zero attached hydrogens (tertiary/aromatic N) is 1. The summed E-state index contributed by atoms with van der Waals surface area (Å²) in [5, 5.41) is 3.64. The lowest BCUT2D eigenvalue weighted by molar-refractivity contribution is 0.0704. The Hall–Kier alpha value is -1.27. The van der Waals surface area contributed by atoms with Crippen molar-refractivity contribution < 1.29 is 14.3 Å². The second kappa shape index (κ2) is 6.32. The molecule has 1 saturated heterocycles. The summed E-state index contributed by atoms with van der Waals surface area (Å²) in [6.07, 6.45) is 4.82. The van der Waals surface area contributed by atoms with E-state index in [-0.39, 0.29) is 12.7 Å². The maximum atomic E-state index is 12.7. The van der Waals surface area contributed by atoms with Gasteiger partial charge in [0.05, 0.1) is 4.47 Å². The summed E-state index contributed by atoms with van der Waals surface area (Å²) >= 11 is 3.45. The van der Waals surface area contributed by atoms with E-state index < -0.39 is 0 Å². The number of benzene rings is 1. The highest BCUT2D eigenvalue weighted by Crippen LogP contribution is 2.40. The van der Waals surface area contributed by atoms with Crippen LogP contribution >= 0.6 is 15.9 Å². The Balaban J connectivity index is 1.37. The fourth-order valence-electron chi connectivity index (χ4n) is 3.22. The lowest BCUT2D eigenvalue weighted by Gasteiger charge is -2.32. The van der Waals surface area contributed by atoms with Gasteiger partial charge in [-0.2, -0.15) is 0 Å². The number of carbonyl (C=O) groups is 1. The van der Waals surface area contributed by atoms with E-state index in [1.807, 2.05) is 11.0 Å². The highest BCUT2D eigenvalue weighted by atomic mass is 79.9. The van der Waals surface area contributed by atoms with Gasteiger partial charge in [0.1, 0.15) is 0 Å². The smallest absolute Gasteiger partial charge is 0.254 e. The van der Waals surface area contributed by atoms with E-state index in [2.05, 4.69) is 21.2 Å². The molecule has 0 spiro atoms. The number of halogens is 1. The summed E-state index contributed by atoms with van der Waals surface area (Å²) in [5.41, 5.74) is 0.658.